The summed E-state index contributed by atoms with van der Waals surface area (Å²) in [6.45, 7) is 1.87. The molecular formula is C16H18ClF3N6O3. The van der Waals surface area contributed by atoms with Crippen molar-refractivity contribution >= 4 is 23.3 Å². The molecule has 0 bridgehead atoms. The van der Waals surface area contributed by atoms with Gasteiger partial charge in [-0.1, -0.05) is 18.5 Å². The fourth-order valence-electron chi connectivity index (χ4n) is 3.46. The van der Waals surface area contributed by atoms with Gasteiger partial charge in [0.25, 0.3) is 0 Å². The molecule has 0 saturated carbocycles. The Balaban J connectivity index is 1.70. The predicted octanol–water partition coefficient (Wildman–Crippen LogP) is 2.92. The number of halogens is 4. The van der Waals surface area contributed by atoms with Gasteiger partial charge in [-0.3, -0.25) is 9.48 Å². The number of fused-ring (bicyclic) bond motifs is 1. The number of nitrogens with zero attached hydrogens (tertiary/aromatic N) is 5. The second kappa shape index (κ2) is 8.01. The maximum atomic E-state index is 13.3. The van der Waals surface area contributed by atoms with Gasteiger partial charge in [-0.25, -0.2) is 0 Å². The highest BCUT2D eigenvalue weighted by atomic mass is 35.5. The number of aromatic nitrogens is 4. The normalized spacial score (nSPS) is 14.7. The van der Waals surface area contributed by atoms with Crippen molar-refractivity contribution in [2.45, 2.75) is 51.4 Å². The number of rotatable bonds is 7. The van der Waals surface area contributed by atoms with Gasteiger partial charge in [0.05, 0.1) is 17.8 Å². The van der Waals surface area contributed by atoms with E-state index in [1.54, 1.807) is 6.92 Å². The van der Waals surface area contributed by atoms with Crippen LogP contribution in [0.4, 0.5) is 19.0 Å². The Kier molecular flexibility index (Phi) is 5.82. The minimum absolute atomic E-state index is 0.0695. The van der Waals surface area contributed by atoms with Crippen LogP contribution < -0.4 is 5.32 Å². The summed E-state index contributed by atoms with van der Waals surface area (Å²) in [6, 6.07) is -0.881. The molecule has 1 aliphatic rings. The average Bonchev–Trinajstić information content (AvgIpc) is 3.30. The zero-order valence-electron chi connectivity index (χ0n) is 15.4. The van der Waals surface area contributed by atoms with Gasteiger partial charge in [0.2, 0.25) is 5.91 Å². The number of carbonyl (C=O) groups is 1. The Morgan fingerprint density at radius 1 is 1.41 bits per heavy atom. The molecule has 13 heteroatoms. The minimum atomic E-state index is -4.57. The van der Waals surface area contributed by atoms with Crippen molar-refractivity contribution in [1.82, 2.24) is 24.9 Å². The molecule has 0 aliphatic heterocycles. The van der Waals surface area contributed by atoms with Crippen molar-refractivity contribution in [3.05, 3.63) is 38.3 Å². The molecule has 2 heterocycles. The second-order valence-corrected chi connectivity index (χ2v) is 7.01. The maximum absolute atomic E-state index is 13.3. The number of amides is 1. The molecular weight excluding hydrogens is 417 g/mol. The summed E-state index contributed by atoms with van der Waals surface area (Å²) in [5, 5.41) is 20.7. The van der Waals surface area contributed by atoms with Crippen molar-refractivity contribution in [3.8, 4) is 0 Å². The third-order valence-corrected chi connectivity index (χ3v) is 4.99. The van der Waals surface area contributed by atoms with E-state index in [-0.39, 0.29) is 30.1 Å². The second-order valence-electron chi connectivity index (χ2n) is 6.61. The molecule has 9 nitrogen and oxygen atoms in total. The number of hydrogen-bond acceptors (Lipinski definition) is 5. The Bertz CT molecular complexity index is 939. The van der Waals surface area contributed by atoms with Crippen molar-refractivity contribution < 1.29 is 22.9 Å². The van der Waals surface area contributed by atoms with Crippen LogP contribution in [0.5, 0.6) is 0 Å². The van der Waals surface area contributed by atoms with Crippen LogP contribution in [0.1, 0.15) is 42.8 Å². The molecule has 1 atom stereocenters. The number of alkyl halides is 3. The van der Waals surface area contributed by atoms with Crippen molar-refractivity contribution in [1.29, 1.82) is 0 Å². The van der Waals surface area contributed by atoms with Gasteiger partial charge in [0.1, 0.15) is 6.04 Å². The van der Waals surface area contributed by atoms with Crippen LogP contribution in [-0.4, -0.2) is 36.9 Å². The zero-order valence-corrected chi connectivity index (χ0v) is 16.1. The summed E-state index contributed by atoms with van der Waals surface area (Å²) in [6.07, 6.45) is -1.72. The van der Waals surface area contributed by atoms with Gasteiger partial charge >= 0.3 is 12.0 Å². The van der Waals surface area contributed by atoms with E-state index < -0.39 is 34.6 Å². The molecule has 2 aromatic heterocycles. The highest BCUT2D eigenvalue weighted by molar-refractivity contribution is 6.32. The molecule has 0 saturated heterocycles. The number of carbonyl (C=O) groups excluding carboxylic acids is 1. The fourth-order valence-corrected chi connectivity index (χ4v) is 3.68. The standard InChI is InChI=1S/C16H18ClF3N6O3/c1-2-11(25-12-5-3-4-9(12)13(22-25)16(18,19)20)15(27)21-6-7-24-8-10(17)14(23-24)26(28)29/h8,11H,2-7H2,1H3,(H,21,27)/t11-/m0/s1. The summed E-state index contributed by atoms with van der Waals surface area (Å²) in [5.74, 6) is -0.970. The molecule has 0 spiro atoms. The summed E-state index contributed by atoms with van der Waals surface area (Å²) >= 11 is 5.71. The van der Waals surface area contributed by atoms with Crippen LogP contribution in [0.3, 0.4) is 0 Å². The van der Waals surface area contributed by atoms with E-state index in [2.05, 4.69) is 15.5 Å². The van der Waals surface area contributed by atoms with Crippen molar-refractivity contribution in [2.75, 3.05) is 6.54 Å². The Labute approximate surface area is 168 Å². The zero-order chi connectivity index (χ0) is 21.3. The molecule has 1 aliphatic carbocycles. The topological polar surface area (TPSA) is 108 Å². The Morgan fingerprint density at radius 3 is 2.72 bits per heavy atom. The van der Waals surface area contributed by atoms with E-state index >= 15 is 0 Å². The third kappa shape index (κ3) is 4.21. The van der Waals surface area contributed by atoms with Gasteiger partial charge in [-0.05, 0) is 30.6 Å². The quantitative estimate of drug-likeness (QED) is 0.532. The van der Waals surface area contributed by atoms with Crippen molar-refractivity contribution in [3.63, 3.8) is 0 Å². The van der Waals surface area contributed by atoms with Gasteiger partial charge in [0.15, 0.2) is 10.7 Å². The van der Waals surface area contributed by atoms with Crippen LogP contribution >= 0.6 is 11.6 Å². The summed E-state index contributed by atoms with van der Waals surface area (Å²) < 4.78 is 42.2. The number of nitro groups is 1. The Morgan fingerprint density at radius 2 is 2.14 bits per heavy atom. The van der Waals surface area contributed by atoms with E-state index in [4.69, 9.17) is 11.6 Å². The van der Waals surface area contributed by atoms with Crippen LogP contribution in [0, 0.1) is 10.1 Å². The lowest BCUT2D eigenvalue weighted by molar-refractivity contribution is -0.389. The maximum Gasteiger partial charge on any atom is 0.435 e. The summed E-state index contributed by atoms with van der Waals surface area (Å²) in [4.78, 5) is 22.6. The lowest BCUT2D eigenvalue weighted by atomic mass is 10.1. The molecule has 1 N–H and O–H groups in total. The molecule has 0 radical (unpaired) electrons. The van der Waals surface area contributed by atoms with Crippen LogP contribution in [-0.2, 0) is 30.4 Å². The first-order valence-corrected chi connectivity index (χ1v) is 9.33. The largest absolute Gasteiger partial charge is 0.435 e. The van der Waals surface area contributed by atoms with Gasteiger partial charge in [-0.15, -0.1) is 0 Å². The van der Waals surface area contributed by atoms with Gasteiger partial charge in [-0.2, -0.15) is 23.0 Å². The van der Waals surface area contributed by atoms with Crippen LogP contribution in [0.15, 0.2) is 6.20 Å². The van der Waals surface area contributed by atoms with Crippen molar-refractivity contribution in [2.24, 2.45) is 0 Å². The molecule has 0 unspecified atom stereocenters. The average molecular weight is 435 g/mol. The van der Waals surface area contributed by atoms with Gasteiger partial charge in [0, 0.05) is 17.8 Å². The molecule has 158 valence electrons. The lowest BCUT2D eigenvalue weighted by Crippen LogP contribution is -2.35. The van der Waals surface area contributed by atoms with E-state index in [9.17, 15) is 28.1 Å². The third-order valence-electron chi connectivity index (χ3n) is 4.72. The summed E-state index contributed by atoms with van der Waals surface area (Å²) in [5.41, 5.74) is -0.300. The van der Waals surface area contributed by atoms with Crippen LogP contribution in [0.2, 0.25) is 5.02 Å². The number of hydrogen-bond donors (Lipinski definition) is 1. The number of nitrogens with one attached hydrogen (secondary N) is 1. The fraction of sp³-hybridized carbons (Fsp3) is 0.562. The first-order valence-electron chi connectivity index (χ1n) is 8.96. The molecule has 3 rings (SSSR count). The van der Waals surface area contributed by atoms with E-state index in [0.29, 0.717) is 25.0 Å². The summed E-state index contributed by atoms with van der Waals surface area (Å²) in [7, 11) is 0. The SMILES string of the molecule is CC[C@@H](C(=O)NCCn1cc(Cl)c([N+](=O)[O-])n1)n1nc(C(F)(F)F)c2c1CCC2. The first kappa shape index (κ1) is 21.1. The molecule has 1 amide bonds. The minimum Gasteiger partial charge on any atom is -0.358 e. The smallest absolute Gasteiger partial charge is 0.358 e. The van der Waals surface area contributed by atoms with E-state index in [0.717, 1.165) is 0 Å². The first-order chi connectivity index (χ1) is 13.6. The van der Waals surface area contributed by atoms with E-state index in [1.807, 2.05) is 0 Å². The lowest BCUT2D eigenvalue weighted by Gasteiger charge is -2.17. The van der Waals surface area contributed by atoms with Gasteiger partial charge < -0.3 is 15.4 Å². The Hall–Kier alpha value is -2.63. The molecule has 0 aromatic carbocycles. The highest BCUT2D eigenvalue weighted by Gasteiger charge is 2.41. The molecule has 29 heavy (non-hydrogen) atoms. The van der Waals surface area contributed by atoms with Crippen LogP contribution in [0.25, 0.3) is 0 Å². The monoisotopic (exact) mass is 434 g/mol. The molecule has 0 fully saturated rings. The molecule has 2 aromatic rings. The van der Waals surface area contributed by atoms with E-state index in [1.165, 1.54) is 15.6 Å². The highest BCUT2D eigenvalue weighted by Crippen LogP contribution is 2.37. The predicted molar refractivity (Wildman–Crippen MR) is 95.5 cm³/mol.